The lowest BCUT2D eigenvalue weighted by molar-refractivity contribution is -0.132. The van der Waals surface area contributed by atoms with Gasteiger partial charge >= 0.3 is 5.91 Å². The van der Waals surface area contributed by atoms with Gasteiger partial charge in [0.2, 0.25) is 0 Å². The van der Waals surface area contributed by atoms with Gasteiger partial charge in [-0.05, 0) is 67.9 Å². The average Bonchev–Trinajstić information content (AvgIpc) is 3.61. The van der Waals surface area contributed by atoms with Crippen LogP contribution in [0.4, 0.5) is 5.13 Å². The number of benzene rings is 2. The molecule has 0 radical (unpaired) electrons. The van der Waals surface area contributed by atoms with Crippen molar-refractivity contribution in [3.63, 3.8) is 0 Å². The molecule has 1 aliphatic heterocycles. The Morgan fingerprint density at radius 3 is 2.56 bits per heavy atom. The third-order valence-corrected chi connectivity index (χ3v) is 6.74. The van der Waals surface area contributed by atoms with Crippen molar-refractivity contribution in [2.75, 3.05) is 18.1 Å². The molecule has 1 saturated heterocycles. The molecule has 1 unspecified atom stereocenters. The van der Waals surface area contributed by atoms with E-state index in [0.29, 0.717) is 46.7 Å². The maximum Gasteiger partial charge on any atom is 0.302 e. The van der Waals surface area contributed by atoms with Gasteiger partial charge in [-0.3, -0.25) is 14.5 Å². The van der Waals surface area contributed by atoms with Crippen LogP contribution >= 0.6 is 11.3 Å². The van der Waals surface area contributed by atoms with Crippen LogP contribution in [0.3, 0.4) is 0 Å². The number of aliphatic hydroxyl groups excluding tert-OH is 1. The molecule has 184 valence electrons. The number of furan rings is 1. The molecule has 2 aromatic carbocycles. The highest BCUT2D eigenvalue weighted by atomic mass is 32.1. The van der Waals surface area contributed by atoms with Crippen LogP contribution in [0.15, 0.2) is 70.9 Å². The molecule has 1 aliphatic rings. The Hall–Kier alpha value is -4.11. The number of amides is 1. The molecule has 8 nitrogen and oxygen atoms in total. The van der Waals surface area contributed by atoms with Crippen molar-refractivity contribution >= 4 is 44.1 Å². The topological polar surface area (TPSA) is 102 Å². The molecule has 0 spiro atoms. The molecule has 36 heavy (non-hydrogen) atoms. The molecule has 1 atom stereocenters. The quantitative estimate of drug-likeness (QED) is 0.186. The summed E-state index contributed by atoms with van der Waals surface area (Å²) in [4.78, 5) is 32.4. The second kappa shape index (κ2) is 9.87. The predicted octanol–water partition coefficient (Wildman–Crippen LogP) is 5.70. The van der Waals surface area contributed by atoms with Gasteiger partial charge in [-0.2, -0.15) is 0 Å². The zero-order chi connectivity index (χ0) is 25.2. The second-order valence-corrected chi connectivity index (χ2v) is 9.13. The number of carbonyl (C=O) groups excluding carboxylic acids is 2. The van der Waals surface area contributed by atoms with Crippen molar-refractivity contribution in [2.45, 2.75) is 26.3 Å². The number of nitrogens with zero attached hydrogens (tertiary/aromatic N) is 2. The lowest BCUT2D eigenvalue weighted by Gasteiger charge is -2.20. The maximum atomic E-state index is 13.3. The van der Waals surface area contributed by atoms with Crippen molar-refractivity contribution in [1.29, 1.82) is 0 Å². The molecule has 2 aromatic heterocycles. The molecule has 5 rings (SSSR count). The maximum absolute atomic E-state index is 13.3. The summed E-state index contributed by atoms with van der Waals surface area (Å²) >= 11 is 1.26. The number of ether oxygens (including phenoxy) is 2. The minimum Gasteiger partial charge on any atom is -0.507 e. The fourth-order valence-electron chi connectivity index (χ4n) is 4.08. The normalized spacial score (nSPS) is 17.2. The minimum atomic E-state index is -0.969. The van der Waals surface area contributed by atoms with Crippen molar-refractivity contribution in [2.24, 2.45) is 0 Å². The standard InChI is InChI=1S/C27H24N2O6S/c1-3-13-34-17-9-7-16(8-10-17)24(30)22-23(20-6-5-14-35-20)29(26(32)25(22)31)27-28-19-12-11-18(33-4-2)15-21(19)36-27/h5-12,14-15,23,30H,3-4,13H2,1-2H3/b24-22+. The van der Waals surface area contributed by atoms with Gasteiger partial charge in [0, 0.05) is 5.56 Å². The minimum absolute atomic E-state index is 0.0635. The first-order valence-corrected chi connectivity index (χ1v) is 12.4. The first-order valence-electron chi connectivity index (χ1n) is 11.6. The summed E-state index contributed by atoms with van der Waals surface area (Å²) in [5.41, 5.74) is 0.992. The Balaban J connectivity index is 1.59. The van der Waals surface area contributed by atoms with E-state index < -0.39 is 17.7 Å². The van der Waals surface area contributed by atoms with Gasteiger partial charge in [-0.25, -0.2) is 4.98 Å². The summed E-state index contributed by atoms with van der Waals surface area (Å²) in [6.45, 7) is 5.01. The first kappa shape index (κ1) is 23.6. The highest BCUT2D eigenvalue weighted by Crippen LogP contribution is 2.44. The summed E-state index contributed by atoms with van der Waals surface area (Å²) < 4.78 is 17.6. The van der Waals surface area contributed by atoms with E-state index in [-0.39, 0.29) is 11.3 Å². The lowest BCUT2D eigenvalue weighted by Crippen LogP contribution is -2.29. The molecule has 1 amide bonds. The van der Waals surface area contributed by atoms with E-state index in [0.717, 1.165) is 11.1 Å². The number of fused-ring (bicyclic) bond motifs is 1. The van der Waals surface area contributed by atoms with Crippen LogP contribution < -0.4 is 14.4 Å². The summed E-state index contributed by atoms with van der Waals surface area (Å²) in [5, 5.41) is 11.5. The molecule has 3 heterocycles. The van der Waals surface area contributed by atoms with Gasteiger partial charge in [0.1, 0.15) is 29.1 Å². The Kier molecular flexibility index (Phi) is 6.47. The second-order valence-electron chi connectivity index (χ2n) is 8.12. The van der Waals surface area contributed by atoms with E-state index in [2.05, 4.69) is 4.98 Å². The molecule has 0 saturated carbocycles. The largest absolute Gasteiger partial charge is 0.507 e. The molecule has 1 N–H and O–H groups in total. The molecule has 1 fully saturated rings. The molecule has 4 aromatic rings. The van der Waals surface area contributed by atoms with Crippen LogP contribution in [0.25, 0.3) is 16.0 Å². The number of carbonyl (C=O) groups is 2. The predicted molar refractivity (Wildman–Crippen MR) is 137 cm³/mol. The van der Waals surface area contributed by atoms with Crippen LogP contribution in [0.5, 0.6) is 11.5 Å². The van der Waals surface area contributed by atoms with Gasteiger partial charge < -0.3 is 19.0 Å². The summed E-state index contributed by atoms with van der Waals surface area (Å²) in [5.74, 6) is -0.208. The van der Waals surface area contributed by atoms with Crippen LogP contribution in [0, 0.1) is 0 Å². The smallest absolute Gasteiger partial charge is 0.302 e. The number of thiazole rings is 1. The highest BCUT2D eigenvalue weighted by molar-refractivity contribution is 7.22. The number of aromatic nitrogens is 1. The number of rotatable bonds is 8. The number of ketones is 1. The van der Waals surface area contributed by atoms with Gasteiger partial charge in [0.25, 0.3) is 5.78 Å². The van der Waals surface area contributed by atoms with E-state index in [9.17, 15) is 14.7 Å². The molecule has 0 bridgehead atoms. The average molecular weight is 505 g/mol. The Labute approximate surface area is 211 Å². The van der Waals surface area contributed by atoms with Gasteiger partial charge in [0.05, 0.1) is 35.3 Å². The van der Waals surface area contributed by atoms with E-state index in [4.69, 9.17) is 13.9 Å². The number of anilines is 1. The third-order valence-electron chi connectivity index (χ3n) is 5.72. The number of hydrogen-bond donors (Lipinski definition) is 1. The monoisotopic (exact) mass is 504 g/mol. The van der Waals surface area contributed by atoms with E-state index >= 15 is 0 Å². The van der Waals surface area contributed by atoms with Crippen LogP contribution in [-0.2, 0) is 9.59 Å². The number of aliphatic hydroxyl groups is 1. The third kappa shape index (κ3) is 4.22. The Morgan fingerprint density at radius 1 is 1.08 bits per heavy atom. The fourth-order valence-corrected chi connectivity index (χ4v) is 5.10. The van der Waals surface area contributed by atoms with E-state index in [1.807, 2.05) is 19.9 Å². The van der Waals surface area contributed by atoms with Crippen molar-refractivity contribution < 1.29 is 28.6 Å². The molecular formula is C27H24N2O6S. The van der Waals surface area contributed by atoms with Gasteiger partial charge in [-0.15, -0.1) is 0 Å². The van der Waals surface area contributed by atoms with Crippen molar-refractivity contribution in [3.8, 4) is 11.5 Å². The number of Topliss-reactive ketones (excluding diaryl/α,β-unsaturated/α-hetero) is 1. The van der Waals surface area contributed by atoms with Gasteiger partial charge in [-0.1, -0.05) is 18.3 Å². The number of hydrogen-bond acceptors (Lipinski definition) is 8. The van der Waals surface area contributed by atoms with Crippen LogP contribution in [0.1, 0.15) is 37.6 Å². The zero-order valence-electron chi connectivity index (χ0n) is 19.8. The Bertz CT molecular complexity index is 1440. The lowest BCUT2D eigenvalue weighted by atomic mass is 9.99. The SMILES string of the molecule is CCCOc1ccc(/C(O)=C2\C(=O)C(=O)N(c3nc4ccc(OCC)cc4s3)C2c2ccco2)cc1. The summed E-state index contributed by atoms with van der Waals surface area (Å²) in [6.07, 6.45) is 2.33. The summed E-state index contributed by atoms with van der Waals surface area (Å²) in [6, 6.07) is 14.6. The molecule has 9 heteroatoms. The fraction of sp³-hybridized carbons (Fsp3) is 0.222. The van der Waals surface area contributed by atoms with Crippen molar-refractivity contribution in [1.82, 2.24) is 4.98 Å². The zero-order valence-corrected chi connectivity index (χ0v) is 20.6. The van der Waals surface area contributed by atoms with Gasteiger partial charge in [0.15, 0.2) is 5.13 Å². The molecule has 0 aliphatic carbocycles. The first-order chi connectivity index (χ1) is 17.5. The van der Waals surface area contributed by atoms with Crippen LogP contribution in [-0.4, -0.2) is 35.0 Å². The van der Waals surface area contributed by atoms with E-state index in [1.54, 1.807) is 48.5 Å². The highest BCUT2D eigenvalue weighted by Gasteiger charge is 2.49. The van der Waals surface area contributed by atoms with Crippen molar-refractivity contribution in [3.05, 3.63) is 77.8 Å². The van der Waals surface area contributed by atoms with E-state index in [1.165, 1.54) is 22.5 Å². The van der Waals surface area contributed by atoms with Crippen LogP contribution in [0.2, 0.25) is 0 Å². The molecular weight excluding hydrogens is 480 g/mol. The Morgan fingerprint density at radius 2 is 1.86 bits per heavy atom. The summed E-state index contributed by atoms with van der Waals surface area (Å²) in [7, 11) is 0.